The molecule has 2 heterocycles. The third kappa shape index (κ3) is 5.92. The Morgan fingerprint density at radius 1 is 1.00 bits per heavy atom. The minimum Gasteiger partial charge on any atom is -0.489 e. The molecule has 2 aliphatic heterocycles. The molecule has 10 heteroatoms. The maximum Gasteiger partial charge on any atom is 0.294 e. The van der Waals surface area contributed by atoms with Crippen LogP contribution in [0.5, 0.6) is 17.2 Å². The average molecular weight is 521 g/mol. The van der Waals surface area contributed by atoms with Crippen molar-refractivity contribution < 1.29 is 33.0 Å². The highest BCUT2D eigenvalue weighted by Crippen LogP contribution is 2.34. The standard InChI is InChI=1S/C27H21FN2O6S/c28-19-5-1-18(2-6-19)16-36-21-8-3-17(4-9-21)13-24-26(32)30(27(33)37-24)15-25(31)29-20-7-10-22-23(14-20)35-12-11-34-22/h1-10,13-14H,11-12,15-16H2,(H,29,31)/b24-13-. The lowest BCUT2D eigenvalue weighted by atomic mass is 10.2. The van der Waals surface area contributed by atoms with Crippen LogP contribution in [-0.2, 0) is 16.2 Å². The highest BCUT2D eigenvalue weighted by molar-refractivity contribution is 8.18. The molecule has 0 saturated carbocycles. The summed E-state index contributed by atoms with van der Waals surface area (Å²) >= 11 is 0.777. The van der Waals surface area contributed by atoms with E-state index in [1.165, 1.54) is 12.1 Å². The highest BCUT2D eigenvalue weighted by Gasteiger charge is 2.36. The molecule has 2 aliphatic rings. The van der Waals surface area contributed by atoms with Crippen LogP contribution in [0.4, 0.5) is 14.9 Å². The van der Waals surface area contributed by atoms with Crippen molar-refractivity contribution in [2.45, 2.75) is 6.61 Å². The second kappa shape index (κ2) is 10.8. The molecule has 0 unspecified atom stereocenters. The van der Waals surface area contributed by atoms with Crippen LogP contribution in [0, 0.1) is 5.82 Å². The third-order valence-corrected chi connectivity index (χ3v) is 6.41. The van der Waals surface area contributed by atoms with Crippen LogP contribution in [-0.4, -0.2) is 41.7 Å². The Morgan fingerprint density at radius 3 is 2.49 bits per heavy atom. The van der Waals surface area contributed by atoms with E-state index in [-0.39, 0.29) is 17.3 Å². The van der Waals surface area contributed by atoms with Crippen LogP contribution in [0.15, 0.2) is 71.6 Å². The van der Waals surface area contributed by atoms with Crippen molar-refractivity contribution in [3.63, 3.8) is 0 Å². The predicted octanol–water partition coefficient (Wildman–Crippen LogP) is 4.85. The van der Waals surface area contributed by atoms with Gasteiger partial charge in [0.05, 0.1) is 4.91 Å². The number of halogens is 1. The molecule has 1 saturated heterocycles. The zero-order valence-electron chi connectivity index (χ0n) is 19.4. The minimum atomic E-state index is -0.538. The minimum absolute atomic E-state index is 0.220. The van der Waals surface area contributed by atoms with E-state index in [4.69, 9.17) is 14.2 Å². The van der Waals surface area contributed by atoms with E-state index in [0.717, 1.165) is 22.2 Å². The Morgan fingerprint density at radius 2 is 1.73 bits per heavy atom. The summed E-state index contributed by atoms with van der Waals surface area (Å²) in [7, 11) is 0. The number of hydrogen-bond acceptors (Lipinski definition) is 7. The molecule has 37 heavy (non-hydrogen) atoms. The Hall–Kier alpha value is -4.31. The summed E-state index contributed by atoms with van der Waals surface area (Å²) in [5.74, 6) is 0.355. The van der Waals surface area contributed by atoms with E-state index in [9.17, 15) is 18.8 Å². The molecular weight excluding hydrogens is 499 g/mol. The summed E-state index contributed by atoms with van der Waals surface area (Å²) in [6.45, 7) is 0.750. The van der Waals surface area contributed by atoms with Gasteiger partial charge in [0.25, 0.3) is 11.1 Å². The molecule has 188 valence electrons. The lowest BCUT2D eigenvalue weighted by Crippen LogP contribution is -2.36. The molecule has 1 fully saturated rings. The number of carbonyl (C=O) groups is 3. The average Bonchev–Trinajstić information content (AvgIpc) is 3.16. The molecule has 0 bridgehead atoms. The van der Waals surface area contributed by atoms with Gasteiger partial charge in [-0.25, -0.2) is 4.39 Å². The van der Waals surface area contributed by atoms with Gasteiger partial charge in [-0.3, -0.25) is 19.3 Å². The number of ether oxygens (including phenoxy) is 3. The molecular formula is C27H21FN2O6S. The van der Waals surface area contributed by atoms with Gasteiger partial charge in [0.15, 0.2) is 11.5 Å². The summed E-state index contributed by atoms with van der Waals surface area (Å²) in [6, 6.07) is 18.0. The largest absolute Gasteiger partial charge is 0.489 e. The zero-order chi connectivity index (χ0) is 25.8. The fourth-order valence-corrected chi connectivity index (χ4v) is 4.50. The fraction of sp³-hybridized carbons (Fsp3) is 0.148. The number of hydrogen-bond donors (Lipinski definition) is 1. The van der Waals surface area contributed by atoms with E-state index >= 15 is 0 Å². The van der Waals surface area contributed by atoms with Crippen LogP contribution in [0.2, 0.25) is 0 Å². The quantitative estimate of drug-likeness (QED) is 0.445. The Labute approximate surface area is 216 Å². The van der Waals surface area contributed by atoms with Crippen molar-refractivity contribution in [2.75, 3.05) is 25.1 Å². The number of anilines is 1. The van der Waals surface area contributed by atoms with Crippen molar-refractivity contribution in [3.05, 3.63) is 88.6 Å². The molecule has 5 rings (SSSR count). The van der Waals surface area contributed by atoms with Gasteiger partial charge in [-0.15, -0.1) is 0 Å². The van der Waals surface area contributed by atoms with E-state index in [2.05, 4.69) is 5.32 Å². The summed E-state index contributed by atoms with van der Waals surface area (Å²) < 4.78 is 29.7. The number of benzene rings is 3. The van der Waals surface area contributed by atoms with Crippen molar-refractivity contribution in [3.8, 4) is 17.2 Å². The molecule has 3 aromatic carbocycles. The first-order chi connectivity index (χ1) is 17.9. The first kappa shape index (κ1) is 24.4. The van der Waals surface area contributed by atoms with Gasteiger partial charge in [0.2, 0.25) is 5.91 Å². The van der Waals surface area contributed by atoms with Gasteiger partial charge in [-0.1, -0.05) is 24.3 Å². The monoisotopic (exact) mass is 520 g/mol. The van der Waals surface area contributed by atoms with Crippen LogP contribution in [0.1, 0.15) is 11.1 Å². The smallest absolute Gasteiger partial charge is 0.294 e. The Kier molecular flexibility index (Phi) is 7.09. The topological polar surface area (TPSA) is 94.2 Å². The van der Waals surface area contributed by atoms with Gasteiger partial charge in [0.1, 0.15) is 37.9 Å². The maximum absolute atomic E-state index is 13.0. The predicted molar refractivity (Wildman–Crippen MR) is 136 cm³/mol. The first-order valence-electron chi connectivity index (χ1n) is 11.4. The van der Waals surface area contributed by atoms with Crippen molar-refractivity contribution in [1.29, 1.82) is 0 Å². The Bertz CT molecular complexity index is 1370. The third-order valence-electron chi connectivity index (χ3n) is 5.50. The highest BCUT2D eigenvalue weighted by atomic mass is 32.2. The number of amides is 3. The number of imide groups is 1. The van der Waals surface area contributed by atoms with E-state index in [1.807, 2.05) is 0 Å². The van der Waals surface area contributed by atoms with Crippen LogP contribution < -0.4 is 19.5 Å². The van der Waals surface area contributed by atoms with E-state index < -0.39 is 23.6 Å². The molecule has 0 aliphatic carbocycles. The lowest BCUT2D eigenvalue weighted by Gasteiger charge is -2.19. The van der Waals surface area contributed by atoms with Gasteiger partial charge in [-0.05, 0) is 65.4 Å². The molecule has 1 N–H and O–H groups in total. The van der Waals surface area contributed by atoms with Gasteiger partial charge >= 0.3 is 0 Å². The SMILES string of the molecule is O=C(CN1C(=O)S/C(=C\c2ccc(OCc3ccc(F)cc3)cc2)C1=O)Nc1ccc2c(c1)OCCO2. The number of nitrogens with one attached hydrogen (secondary N) is 1. The fourth-order valence-electron chi connectivity index (χ4n) is 3.66. The summed E-state index contributed by atoms with van der Waals surface area (Å²) in [4.78, 5) is 38.9. The van der Waals surface area contributed by atoms with Gasteiger partial charge < -0.3 is 19.5 Å². The van der Waals surface area contributed by atoms with Gasteiger partial charge in [-0.2, -0.15) is 0 Å². The molecule has 3 amide bonds. The second-order valence-corrected chi connectivity index (χ2v) is 9.15. The molecule has 0 spiro atoms. The number of carbonyl (C=O) groups excluding carboxylic acids is 3. The Balaban J connectivity index is 1.17. The number of nitrogens with zero attached hydrogens (tertiary/aromatic N) is 1. The summed E-state index contributed by atoms with van der Waals surface area (Å²) in [5.41, 5.74) is 2.00. The molecule has 3 aromatic rings. The lowest BCUT2D eigenvalue weighted by molar-refractivity contribution is -0.127. The molecule has 0 aromatic heterocycles. The number of rotatable bonds is 7. The van der Waals surface area contributed by atoms with Crippen molar-refractivity contribution in [2.24, 2.45) is 0 Å². The maximum atomic E-state index is 13.0. The van der Waals surface area contributed by atoms with Gasteiger partial charge in [0, 0.05) is 11.8 Å². The number of thioether (sulfide) groups is 1. The van der Waals surface area contributed by atoms with Crippen LogP contribution in [0.25, 0.3) is 6.08 Å². The molecule has 0 atom stereocenters. The van der Waals surface area contributed by atoms with Crippen LogP contribution in [0.3, 0.4) is 0 Å². The summed E-state index contributed by atoms with van der Waals surface area (Å²) in [5, 5.41) is 2.15. The zero-order valence-corrected chi connectivity index (χ0v) is 20.3. The number of fused-ring (bicyclic) bond motifs is 1. The van der Waals surface area contributed by atoms with Crippen molar-refractivity contribution >= 4 is 40.6 Å². The molecule has 0 radical (unpaired) electrons. The van der Waals surface area contributed by atoms with E-state index in [1.54, 1.807) is 60.7 Å². The summed E-state index contributed by atoms with van der Waals surface area (Å²) in [6.07, 6.45) is 1.59. The second-order valence-electron chi connectivity index (χ2n) is 8.16. The van der Waals surface area contributed by atoms with E-state index in [0.29, 0.717) is 41.7 Å². The van der Waals surface area contributed by atoms with Crippen LogP contribution >= 0.6 is 11.8 Å². The van der Waals surface area contributed by atoms with Crippen molar-refractivity contribution in [1.82, 2.24) is 4.90 Å². The normalized spacial score (nSPS) is 15.7. The first-order valence-corrected chi connectivity index (χ1v) is 12.2. The molecule has 8 nitrogen and oxygen atoms in total.